The first-order chi connectivity index (χ1) is 15.9. The van der Waals surface area contributed by atoms with Crippen molar-refractivity contribution in [2.75, 3.05) is 0 Å². The number of hydrogen-bond acceptors (Lipinski definition) is 6. The van der Waals surface area contributed by atoms with Gasteiger partial charge < -0.3 is 9.30 Å². The number of fused-ring (bicyclic) bond motifs is 1. The van der Waals surface area contributed by atoms with E-state index in [1.54, 1.807) is 24.3 Å². The second kappa shape index (κ2) is 8.42. The molecule has 33 heavy (non-hydrogen) atoms. The molecule has 0 fully saturated rings. The summed E-state index contributed by atoms with van der Waals surface area (Å²) in [6.07, 6.45) is 3.67. The Bertz CT molecular complexity index is 1450. The molecule has 10 heteroatoms. The van der Waals surface area contributed by atoms with Crippen molar-refractivity contribution < 1.29 is 13.9 Å². The minimum Gasteiger partial charge on any atom is -0.488 e. The molecule has 0 aliphatic carbocycles. The Balaban J connectivity index is 1.58. The zero-order valence-electron chi connectivity index (χ0n) is 17.6. The van der Waals surface area contributed by atoms with Crippen LogP contribution in [0.25, 0.3) is 17.0 Å². The topological polar surface area (TPSA) is 81.4 Å². The van der Waals surface area contributed by atoms with E-state index in [4.69, 9.17) is 16.3 Å². The Labute approximate surface area is 197 Å². The number of amides is 1. The van der Waals surface area contributed by atoms with Crippen LogP contribution >= 0.6 is 23.1 Å². The lowest BCUT2D eigenvalue weighted by molar-refractivity contribution is -0.116. The van der Waals surface area contributed by atoms with Crippen LogP contribution in [-0.2, 0) is 18.4 Å². The lowest BCUT2D eigenvalue weighted by Crippen LogP contribution is -2.13. The van der Waals surface area contributed by atoms with Gasteiger partial charge in [0.15, 0.2) is 0 Å². The highest BCUT2D eigenvalue weighted by Gasteiger charge is 2.28. The Morgan fingerprint density at radius 2 is 2.09 bits per heavy atom. The summed E-state index contributed by atoms with van der Waals surface area (Å²) in [7, 11) is 1.91. The molecule has 4 aromatic rings. The number of benzene rings is 2. The van der Waals surface area contributed by atoms with Crippen LogP contribution in [0.4, 0.5) is 4.39 Å². The first kappa shape index (κ1) is 21.3. The normalized spacial score (nSPS) is 14.7. The fourth-order valence-electron chi connectivity index (χ4n) is 3.74. The van der Waals surface area contributed by atoms with Crippen molar-refractivity contribution in [3.05, 3.63) is 80.7 Å². The minimum atomic E-state index is -0.429. The van der Waals surface area contributed by atoms with Gasteiger partial charge in [-0.15, -0.1) is 5.10 Å². The number of hydrazone groups is 1. The quantitative estimate of drug-likeness (QED) is 0.421. The van der Waals surface area contributed by atoms with Crippen LogP contribution in [0.5, 0.6) is 5.75 Å². The molecule has 0 saturated carbocycles. The maximum Gasteiger partial charge on any atom is 0.273 e. The highest BCUT2D eigenvalue weighted by molar-refractivity contribution is 7.08. The minimum absolute atomic E-state index is 0.0333. The number of rotatable bonds is 5. The maximum absolute atomic E-state index is 14.2. The molecule has 2 aromatic carbocycles. The van der Waals surface area contributed by atoms with E-state index in [0.717, 1.165) is 21.3 Å². The molecule has 0 saturated heterocycles. The summed E-state index contributed by atoms with van der Waals surface area (Å²) in [5.41, 5.74) is 6.07. The third-order valence-electron chi connectivity index (χ3n) is 5.37. The number of halogens is 2. The van der Waals surface area contributed by atoms with Gasteiger partial charge in [-0.1, -0.05) is 28.2 Å². The number of hydrogen-bond donors (Lipinski definition) is 1. The second-order valence-corrected chi connectivity index (χ2v) is 8.64. The molecule has 0 atom stereocenters. The van der Waals surface area contributed by atoms with Crippen LogP contribution in [0.3, 0.4) is 0 Å². The second-order valence-electron chi connectivity index (χ2n) is 7.48. The summed E-state index contributed by atoms with van der Waals surface area (Å²) in [5.74, 6) is -0.194. The Morgan fingerprint density at radius 3 is 2.85 bits per heavy atom. The summed E-state index contributed by atoms with van der Waals surface area (Å²) in [4.78, 5) is 13.3. The van der Waals surface area contributed by atoms with E-state index in [1.807, 2.05) is 36.9 Å². The van der Waals surface area contributed by atoms with Gasteiger partial charge in [-0.25, -0.2) is 9.82 Å². The molecule has 7 nitrogen and oxygen atoms in total. The number of carbonyl (C=O) groups excluding carboxylic acids is 1. The zero-order valence-corrected chi connectivity index (χ0v) is 19.2. The number of aryl methyl sites for hydroxylation is 2. The summed E-state index contributed by atoms with van der Waals surface area (Å²) < 4.78 is 26.1. The number of carbonyl (C=O) groups is 1. The van der Waals surface area contributed by atoms with Crippen LogP contribution in [-0.4, -0.2) is 25.8 Å². The highest BCUT2D eigenvalue weighted by Crippen LogP contribution is 2.34. The van der Waals surface area contributed by atoms with Crippen LogP contribution in [0.1, 0.15) is 21.7 Å². The van der Waals surface area contributed by atoms with Gasteiger partial charge in [0.2, 0.25) is 0 Å². The van der Waals surface area contributed by atoms with Crippen LogP contribution in [0.2, 0.25) is 5.02 Å². The Kier molecular flexibility index (Phi) is 5.43. The molecule has 0 radical (unpaired) electrons. The first-order valence-corrected chi connectivity index (χ1v) is 11.1. The Morgan fingerprint density at radius 1 is 1.27 bits per heavy atom. The summed E-state index contributed by atoms with van der Waals surface area (Å²) in [5, 5.41) is 9.30. The molecule has 166 valence electrons. The third kappa shape index (κ3) is 3.79. The SMILES string of the molecule is Cc1nnsc1C1=NNC(=O)/C1=C\c1cn(C)c2cccc(OCc3c(F)cccc3Cl)c12. The van der Waals surface area contributed by atoms with E-state index < -0.39 is 5.82 Å². The average molecular weight is 482 g/mol. The molecule has 0 bridgehead atoms. The largest absolute Gasteiger partial charge is 0.488 e. The zero-order chi connectivity index (χ0) is 23.1. The number of ether oxygens (including phenoxy) is 1. The van der Waals surface area contributed by atoms with Gasteiger partial charge in [0.1, 0.15) is 23.9 Å². The molecule has 5 rings (SSSR count). The fourth-order valence-corrected chi connectivity index (χ4v) is 4.62. The van der Waals surface area contributed by atoms with Gasteiger partial charge in [-0.05, 0) is 48.8 Å². The number of nitrogens with zero attached hydrogens (tertiary/aromatic N) is 4. The molecule has 1 aliphatic heterocycles. The standard InChI is InChI=1S/C23H17ClFN5O2S/c1-12-22(33-29-26-12)21-14(23(31)28-27-21)9-13-10-30(2)18-7-4-8-19(20(13)18)32-11-15-16(24)5-3-6-17(15)25/h3-10H,11H2,1-2H3,(H,28,31)/b14-9-. The predicted molar refractivity (Wildman–Crippen MR) is 126 cm³/mol. The van der Waals surface area contributed by atoms with Gasteiger partial charge in [0, 0.05) is 29.8 Å². The van der Waals surface area contributed by atoms with E-state index in [0.29, 0.717) is 27.8 Å². The van der Waals surface area contributed by atoms with E-state index in [-0.39, 0.29) is 18.1 Å². The Hall–Kier alpha value is -3.56. The highest BCUT2D eigenvalue weighted by atomic mass is 35.5. The van der Waals surface area contributed by atoms with Crippen LogP contribution < -0.4 is 10.2 Å². The smallest absolute Gasteiger partial charge is 0.273 e. The van der Waals surface area contributed by atoms with Gasteiger partial charge >= 0.3 is 0 Å². The lowest BCUT2D eigenvalue weighted by Gasteiger charge is -2.11. The van der Waals surface area contributed by atoms with E-state index in [2.05, 4.69) is 20.1 Å². The van der Waals surface area contributed by atoms with Crippen LogP contribution in [0.15, 0.2) is 53.3 Å². The van der Waals surface area contributed by atoms with Gasteiger partial charge in [-0.2, -0.15) is 5.10 Å². The molecular formula is C23H17ClFN5O2S. The third-order valence-corrected chi connectivity index (χ3v) is 6.56. The van der Waals surface area contributed by atoms with Gasteiger partial charge in [-0.3, -0.25) is 4.79 Å². The maximum atomic E-state index is 14.2. The van der Waals surface area contributed by atoms with Crippen LogP contribution in [0, 0.1) is 12.7 Å². The predicted octanol–water partition coefficient (Wildman–Crippen LogP) is 4.63. The molecule has 3 heterocycles. The lowest BCUT2D eigenvalue weighted by atomic mass is 10.0. The van der Waals surface area contributed by atoms with Crippen molar-refractivity contribution in [3.8, 4) is 5.75 Å². The molecule has 0 spiro atoms. The van der Waals surface area contributed by atoms with Gasteiger partial charge in [0.25, 0.3) is 5.91 Å². The molecule has 1 aliphatic rings. The molecule has 0 unspecified atom stereocenters. The summed E-state index contributed by atoms with van der Waals surface area (Å²) >= 11 is 7.34. The summed E-state index contributed by atoms with van der Waals surface area (Å²) in [6.45, 7) is 1.79. The van der Waals surface area contributed by atoms with E-state index >= 15 is 0 Å². The van der Waals surface area contributed by atoms with E-state index in [9.17, 15) is 9.18 Å². The van der Waals surface area contributed by atoms with Crippen molar-refractivity contribution in [2.24, 2.45) is 12.1 Å². The molecule has 2 aromatic heterocycles. The van der Waals surface area contributed by atoms with Crippen molar-refractivity contribution in [1.29, 1.82) is 0 Å². The monoisotopic (exact) mass is 481 g/mol. The molecule has 1 N–H and O–H groups in total. The molecule has 1 amide bonds. The first-order valence-electron chi connectivity index (χ1n) is 9.97. The summed E-state index contributed by atoms with van der Waals surface area (Å²) in [6, 6.07) is 10.1. The number of aromatic nitrogens is 3. The average Bonchev–Trinajstić information content (AvgIpc) is 3.46. The number of nitrogens with one attached hydrogen (secondary N) is 1. The van der Waals surface area contributed by atoms with Crippen molar-refractivity contribution in [3.63, 3.8) is 0 Å². The van der Waals surface area contributed by atoms with Crippen molar-refractivity contribution in [2.45, 2.75) is 13.5 Å². The van der Waals surface area contributed by atoms with Crippen molar-refractivity contribution >= 4 is 51.7 Å². The van der Waals surface area contributed by atoms with Crippen molar-refractivity contribution in [1.82, 2.24) is 19.6 Å². The fraction of sp³-hybridized carbons (Fsp3) is 0.130. The van der Waals surface area contributed by atoms with E-state index in [1.165, 1.54) is 17.6 Å². The van der Waals surface area contributed by atoms with Gasteiger partial charge in [0.05, 0.1) is 26.7 Å². The molecular weight excluding hydrogens is 465 g/mol.